The van der Waals surface area contributed by atoms with Gasteiger partial charge in [0.15, 0.2) is 0 Å². The molecule has 2 N–H and O–H groups in total. The largest absolute Gasteiger partial charge is 0.416 e. The van der Waals surface area contributed by atoms with Crippen molar-refractivity contribution in [2.24, 2.45) is 5.73 Å². The maximum absolute atomic E-state index is 13.4. The van der Waals surface area contributed by atoms with E-state index in [2.05, 4.69) is 4.98 Å². The minimum atomic E-state index is -4.99. The van der Waals surface area contributed by atoms with E-state index in [9.17, 15) is 26.3 Å². The van der Waals surface area contributed by atoms with Crippen molar-refractivity contribution in [3.8, 4) is 0 Å². The van der Waals surface area contributed by atoms with Crippen molar-refractivity contribution in [1.29, 1.82) is 0 Å². The molecule has 3 rings (SSSR count). The van der Waals surface area contributed by atoms with Gasteiger partial charge in [-0.1, -0.05) is 41.9 Å². The van der Waals surface area contributed by atoms with Crippen molar-refractivity contribution in [2.75, 3.05) is 0 Å². The molecule has 0 aliphatic heterocycles. The van der Waals surface area contributed by atoms with Gasteiger partial charge in [0.05, 0.1) is 27.4 Å². The van der Waals surface area contributed by atoms with Crippen LogP contribution >= 0.6 is 11.6 Å². The Morgan fingerprint density at radius 1 is 0.767 bits per heavy atom. The quantitative estimate of drug-likeness (QED) is 0.485. The molecule has 2 nitrogen and oxygen atoms in total. The molecule has 0 radical (unpaired) electrons. The minimum absolute atomic E-state index is 0.0712. The molecule has 0 aliphatic carbocycles. The fourth-order valence-corrected chi connectivity index (χ4v) is 3.22. The Hall–Kier alpha value is -2.58. The first-order chi connectivity index (χ1) is 13.9. The summed E-state index contributed by atoms with van der Waals surface area (Å²) in [6.07, 6.45) is -8.82. The third kappa shape index (κ3) is 4.76. The molecule has 2 aromatic carbocycles. The highest BCUT2D eigenvalue weighted by Gasteiger charge is 2.40. The number of nitrogens with zero attached hydrogens (tertiary/aromatic N) is 1. The standard InChI is InChI=1S/C21H15ClF6N2/c22-17-6-7-18(30-12-17)19(29,11-13-4-2-1-3-5-13)14-8-15(20(23,24)25)10-16(9-14)21(26,27)28/h1-10,12H,11,29H2. The molecule has 3 aromatic rings. The second-order valence-corrected chi connectivity index (χ2v) is 7.23. The van der Waals surface area contributed by atoms with Gasteiger partial charge in [-0.2, -0.15) is 26.3 Å². The monoisotopic (exact) mass is 444 g/mol. The number of pyridine rings is 1. The molecule has 0 bridgehead atoms. The Morgan fingerprint density at radius 2 is 1.30 bits per heavy atom. The van der Waals surface area contributed by atoms with Crippen LogP contribution in [-0.2, 0) is 24.3 Å². The number of benzene rings is 2. The van der Waals surface area contributed by atoms with Gasteiger partial charge >= 0.3 is 12.4 Å². The van der Waals surface area contributed by atoms with Gasteiger partial charge in [-0.3, -0.25) is 4.98 Å². The topological polar surface area (TPSA) is 38.9 Å². The Labute approximate surface area is 173 Å². The van der Waals surface area contributed by atoms with Crippen molar-refractivity contribution in [2.45, 2.75) is 24.3 Å². The molecule has 1 unspecified atom stereocenters. The van der Waals surface area contributed by atoms with Crippen LogP contribution in [0, 0.1) is 0 Å². The third-order valence-electron chi connectivity index (χ3n) is 4.61. The predicted molar refractivity (Wildman–Crippen MR) is 101 cm³/mol. The highest BCUT2D eigenvalue weighted by molar-refractivity contribution is 6.30. The first kappa shape index (κ1) is 22.1. The van der Waals surface area contributed by atoms with Crippen molar-refractivity contribution in [3.05, 3.63) is 99.8 Å². The molecular formula is C21H15ClF6N2. The molecule has 30 heavy (non-hydrogen) atoms. The maximum Gasteiger partial charge on any atom is 0.416 e. The van der Waals surface area contributed by atoms with Gasteiger partial charge in [0.1, 0.15) is 0 Å². The minimum Gasteiger partial charge on any atom is -0.316 e. The van der Waals surface area contributed by atoms with E-state index in [1.54, 1.807) is 30.3 Å². The lowest BCUT2D eigenvalue weighted by molar-refractivity contribution is -0.143. The summed E-state index contributed by atoms with van der Waals surface area (Å²) in [6, 6.07) is 12.6. The predicted octanol–water partition coefficient (Wildman–Crippen LogP) is 6.22. The second-order valence-electron chi connectivity index (χ2n) is 6.79. The number of nitrogens with two attached hydrogens (primary N) is 1. The molecule has 0 spiro atoms. The van der Waals surface area contributed by atoms with E-state index in [4.69, 9.17) is 17.3 Å². The second kappa shape index (κ2) is 7.92. The normalized spacial score (nSPS) is 14.4. The molecule has 0 aliphatic rings. The summed E-state index contributed by atoms with van der Waals surface area (Å²) in [5, 5.41) is 0.251. The zero-order valence-electron chi connectivity index (χ0n) is 15.2. The van der Waals surface area contributed by atoms with E-state index in [1.165, 1.54) is 18.3 Å². The van der Waals surface area contributed by atoms with Crippen LogP contribution in [0.3, 0.4) is 0 Å². The lowest BCUT2D eigenvalue weighted by Crippen LogP contribution is -2.41. The number of aromatic nitrogens is 1. The highest BCUT2D eigenvalue weighted by Crippen LogP contribution is 2.40. The summed E-state index contributed by atoms with van der Waals surface area (Å²) in [5.41, 5.74) is 2.20. The van der Waals surface area contributed by atoms with Crippen LogP contribution in [-0.4, -0.2) is 4.98 Å². The van der Waals surface area contributed by atoms with Crippen molar-refractivity contribution < 1.29 is 26.3 Å². The smallest absolute Gasteiger partial charge is 0.316 e. The lowest BCUT2D eigenvalue weighted by Gasteiger charge is -2.31. The van der Waals surface area contributed by atoms with Gasteiger partial charge in [-0.15, -0.1) is 0 Å². The maximum atomic E-state index is 13.4. The summed E-state index contributed by atoms with van der Waals surface area (Å²) < 4.78 is 80.2. The third-order valence-corrected chi connectivity index (χ3v) is 4.84. The van der Waals surface area contributed by atoms with Crippen molar-refractivity contribution >= 4 is 11.6 Å². The molecule has 1 atom stereocenters. The van der Waals surface area contributed by atoms with Crippen LogP contribution in [0.15, 0.2) is 66.9 Å². The van der Waals surface area contributed by atoms with Gasteiger partial charge in [-0.05, 0) is 41.5 Å². The molecule has 158 valence electrons. The molecule has 0 saturated carbocycles. The molecule has 0 fully saturated rings. The zero-order valence-corrected chi connectivity index (χ0v) is 16.0. The van der Waals surface area contributed by atoms with E-state index in [0.29, 0.717) is 17.7 Å². The summed E-state index contributed by atoms with van der Waals surface area (Å²) >= 11 is 5.84. The summed E-state index contributed by atoms with van der Waals surface area (Å²) in [5.74, 6) is 0. The Morgan fingerprint density at radius 3 is 1.77 bits per heavy atom. The first-order valence-corrected chi connectivity index (χ1v) is 9.02. The summed E-state index contributed by atoms with van der Waals surface area (Å²) in [6.45, 7) is 0. The Balaban J connectivity index is 2.26. The number of hydrogen-bond donors (Lipinski definition) is 1. The van der Waals surface area contributed by atoms with E-state index < -0.39 is 29.0 Å². The van der Waals surface area contributed by atoms with Crippen LogP contribution in [0.25, 0.3) is 0 Å². The molecule has 1 heterocycles. The molecular weight excluding hydrogens is 430 g/mol. The van der Waals surface area contributed by atoms with Gasteiger partial charge in [0, 0.05) is 12.6 Å². The number of alkyl halides is 6. The molecule has 0 saturated heterocycles. The molecule has 1 aromatic heterocycles. The van der Waals surface area contributed by atoms with Crippen molar-refractivity contribution in [1.82, 2.24) is 4.98 Å². The Bertz CT molecular complexity index is 984. The van der Waals surface area contributed by atoms with E-state index in [0.717, 1.165) is 0 Å². The van der Waals surface area contributed by atoms with E-state index in [1.807, 2.05) is 0 Å². The fraction of sp³-hybridized carbons (Fsp3) is 0.190. The van der Waals surface area contributed by atoms with Gasteiger partial charge in [0.2, 0.25) is 0 Å². The van der Waals surface area contributed by atoms with Crippen LogP contribution in [0.4, 0.5) is 26.3 Å². The highest BCUT2D eigenvalue weighted by atomic mass is 35.5. The van der Waals surface area contributed by atoms with Crippen LogP contribution in [0.2, 0.25) is 5.02 Å². The van der Waals surface area contributed by atoms with Crippen LogP contribution in [0.1, 0.15) is 27.9 Å². The molecule has 0 amide bonds. The van der Waals surface area contributed by atoms with Gasteiger partial charge in [0.25, 0.3) is 0 Å². The molecule has 9 heteroatoms. The Kier molecular flexibility index (Phi) is 5.84. The fourth-order valence-electron chi connectivity index (χ4n) is 3.11. The van der Waals surface area contributed by atoms with E-state index in [-0.39, 0.29) is 28.8 Å². The van der Waals surface area contributed by atoms with E-state index >= 15 is 0 Å². The zero-order chi connectivity index (χ0) is 22.2. The number of halogens is 7. The summed E-state index contributed by atoms with van der Waals surface area (Å²) in [7, 11) is 0. The lowest BCUT2D eigenvalue weighted by atomic mass is 9.80. The van der Waals surface area contributed by atoms with Gasteiger partial charge in [-0.25, -0.2) is 0 Å². The van der Waals surface area contributed by atoms with Crippen LogP contribution < -0.4 is 5.73 Å². The SMILES string of the molecule is NC(Cc1ccccc1)(c1cc(C(F)(F)F)cc(C(F)(F)F)c1)c1ccc(Cl)cn1. The van der Waals surface area contributed by atoms with Crippen LogP contribution in [0.5, 0.6) is 0 Å². The van der Waals surface area contributed by atoms with Gasteiger partial charge < -0.3 is 5.73 Å². The van der Waals surface area contributed by atoms with Crippen molar-refractivity contribution in [3.63, 3.8) is 0 Å². The number of rotatable bonds is 4. The summed E-state index contributed by atoms with van der Waals surface area (Å²) in [4.78, 5) is 4.09. The number of hydrogen-bond acceptors (Lipinski definition) is 2. The first-order valence-electron chi connectivity index (χ1n) is 8.64. The average molecular weight is 445 g/mol. The average Bonchev–Trinajstić information content (AvgIpc) is 2.67.